The molecule has 2 aliphatic rings. The number of carbonyl (C=O) groups is 4. The molecule has 4 amide bonds. The van der Waals surface area contributed by atoms with Crippen LogP contribution < -0.4 is 21.4 Å². The first-order chi connectivity index (χ1) is 26.4. The molecule has 294 valence electrons. The third kappa shape index (κ3) is 14.6. The summed E-state index contributed by atoms with van der Waals surface area (Å²) in [6.07, 6.45) is 4.31. The van der Waals surface area contributed by atoms with Gasteiger partial charge in [0.1, 0.15) is 6.61 Å². The highest BCUT2D eigenvalue weighted by Gasteiger charge is 2.30. The molecule has 2 aromatic rings. The first-order valence-electron chi connectivity index (χ1n) is 18.8. The molecule has 2 atom stereocenters. The molecule has 15 nitrogen and oxygen atoms in total. The minimum absolute atomic E-state index is 0.0428. The summed E-state index contributed by atoms with van der Waals surface area (Å²) in [4.78, 5) is 56.8. The van der Waals surface area contributed by atoms with Crippen molar-refractivity contribution >= 4 is 29.5 Å². The first-order valence-corrected chi connectivity index (χ1v) is 18.8. The molecule has 4 rings (SSSR count). The lowest BCUT2D eigenvalue weighted by Gasteiger charge is -2.27. The maximum atomic E-state index is 12.3. The van der Waals surface area contributed by atoms with E-state index >= 15 is 0 Å². The van der Waals surface area contributed by atoms with Gasteiger partial charge in [-0.15, -0.1) is 0 Å². The summed E-state index contributed by atoms with van der Waals surface area (Å²) in [5.41, 5.74) is 16.3. The van der Waals surface area contributed by atoms with Crippen LogP contribution in [0.2, 0.25) is 0 Å². The number of hydrogen-bond acceptors (Lipinski definition) is 9. The van der Waals surface area contributed by atoms with Crippen molar-refractivity contribution in [3.63, 3.8) is 0 Å². The third-order valence-corrected chi connectivity index (χ3v) is 9.39. The van der Waals surface area contributed by atoms with Gasteiger partial charge in [0.15, 0.2) is 6.61 Å². The highest BCUT2D eigenvalue weighted by atomic mass is 16.7. The average molecular weight is 751 g/mol. The molecule has 54 heavy (non-hydrogen) atoms. The van der Waals surface area contributed by atoms with Crippen LogP contribution in [0.5, 0.6) is 0 Å². The van der Waals surface area contributed by atoms with Crippen LogP contribution >= 0.6 is 0 Å². The van der Waals surface area contributed by atoms with E-state index in [1.807, 2.05) is 36.4 Å². The van der Waals surface area contributed by atoms with Crippen molar-refractivity contribution in [3.05, 3.63) is 65.2 Å². The van der Waals surface area contributed by atoms with E-state index in [-0.39, 0.29) is 61.7 Å². The Balaban J connectivity index is 0.878. The van der Waals surface area contributed by atoms with Gasteiger partial charge in [-0.2, -0.15) is 10.3 Å². The van der Waals surface area contributed by atoms with E-state index in [4.69, 9.17) is 29.3 Å². The molecule has 0 bridgehead atoms. The van der Waals surface area contributed by atoms with Crippen LogP contribution in [0.3, 0.4) is 0 Å². The van der Waals surface area contributed by atoms with Gasteiger partial charge in [0.05, 0.1) is 32.3 Å². The molecule has 2 unspecified atom stereocenters. The van der Waals surface area contributed by atoms with E-state index in [2.05, 4.69) is 38.4 Å². The topological polar surface area (TPSA) is 199 Å². The minimum Gasteiger partial charge on any atom is -0.447 e. The summed E-state index contributed by atoms with van der Waals surface area (Å²) < 4.78 is 21.9. The van der Waals surface area contributed by atoms with E-state index in [0.717, 1.165) is 47.9 Å². The predicted molar refractivity (Wildman–Crippen MR) is 199 cm³/mol. The quantitative estimate of drug-likeness (QED) is 0.0407. The van der Waals surface area contributed by atoms with Crippen LogP contribution in [-0.4, -0.2) is 106 Å². The van der Waals surface area contributed by atoms with Crippen LogP contribution in [-0.2, 0) is 38.2 Å². The molecule has 2 aliphatic carbocycles. The predicted octanol–water partition coefficient (Wildman–Crippen LogP) is 3.67. The number of hydrogen-bond donors (Lipinski definition) is 4. The molecule has 1 saturated carbocycles. The number of hydroxylamine groups is 1. The van der Waals surface area contributed by atoms with Crippen LogP contribution in [0, 0.1) is 5.92 Å². The first kappa shape index (κ1) is 42.1. The molecule has 4 N–H and O–H groups in total. The van der Waals surface area contributed by atoms with E-state index in [0.29, 0.717) is 71.3 Å². The Bertz CT molecular complexity index is 1520. The summed E-state index contributed by atoms with van der Waals surface area (Å²) >= 11 is 0. The number of benzene rings is 2. The highest BCUT2D eigenvalue weighted by molar-refractivity contribution is 5.84. The van der Waals surface area contributed by atoms with Crippen LogP contribution in [0.1, 0.15) is 75.3 Å². The molecule has 0 radical (unpaired) electrons. The second-order valence-electron chi connectivity index (χ2n) is 13.3. The van der Waals surface area contributed by atoms with E-state index in [1.54, 1.807) is 6.92 Å². The van der Waals surface area contributed by atoms with Crippen molar-refractivity contribution in [2.45, 2.75) is 70.3 Å². The normalized spacial score (nSPS) is 16.0. The fraction of sp³-hybridized carbons (Fsp3) is 0.564. The monoisotopic (exact) mass is 750 g/mol. The van der Waals surface area contributed by atoms with Gasteiger partial charge in [-0.1, -0.05) is 55.0 Å². The summed E-state index contributed by atoms with van der Waals surface area (Å²) in [6.45, 7) is 5.02. The summed E-state index contributed by atoms with van der Waals surface area (Å²) in [7, 11) is 0. The Kier molecular flexibility index (Phi) is 18.6. The zero-order valence-electron chi connectivity index (χ0n) is 31.1. The van der Waals surface area contributed by atoms with Gasteiger partial charge in [-0.05, 0) is 54.4 Å². The summed E-state index contributed by atoms with van der Waals surface area (Å²) in [6, 6.07) is 16.2. The van der Waals surface area contributed by atoms with Crippen molar-refractivity contribution in [2.24, 2.45) is 5.92 Å². The summed E-state index contributed by atoms with van der Waals surface area (Å²) in [5, 5.41) is 8.51. The smallest absolute Gasteiger partial charge is 0.431 e. The van der Waals surface area contributed by atoms with Crippen LogP contribution in [0.4, 0.5) is 4.79 Å². The number of fused-ring (bicyclic) bond motifs is 3. The molecule has 0 aromatic heterocycles. The maximum absolute atomic E-state index is 12.3. The standard InChI is InChI=1S/C39H54N6O9/c1-28(44-40)29-9-6-10-30(25-29)43-37(47)16-15-36(46)41-17-7-19-50-21-23-52-24-22-51-20-8-18-42-38(48)27-54-45-39(49)53-26-35-33-13-4-2-11-31(33)32-12-3-5-14-34(32)35/h2-5,11-14,29-30,35H,6-10,15-27H2,1H3,(H,41,46)(H,42,48)(H,43,47)(H,45,49). The Morgan fingerprint density at radius 3 is 1.96 bits per heavy atom. The van der Waals surface area contributed by atoms with Crippen molar-refractivity contribution in [1.82, 2.24) is 21.4 Å². The second kappa shape index (κ2) is 23.9. The average Bonchev–Trinajstić information content (AvgIpc) is 3.50. The number of carbonyl (C=O) groups excluding carboxylic acids is 4. The van der Waals surface area contributed by atoms with Crippen molar-refractivity contribution in [1.29, 1.82) is 0 Å². The largest absolute Gasteiger partial charge is 0.447 e. The van der Waals surface area contributed by atoms with Crippen molar-refractivity contribution in [3.8, 4) is 11.1 Å². The van der Waals surface area contributed by atoms with Gasteiger partial charge in [-0.3, -0.25) is 19.2 Å². The Labute approximate surface area is 316 Å². The van der Waals surface area contributed by atoms with Crippen molar-refractivity contribution < 1.29 is 47.8 Å². The van der Waals surface area contributed by atoms with E-state index < -0.39 is 6.09 Å². The Morgan fingerprint density at radius 2 is 1.33 bits per heavy atom. The molecule has 15 heteroatoms. The Hall–Kier alpha value is -4.66. The second-order valence-corrected chi connectivity index (χ2v) is 13.3. The highest BCUT2D eigenvalue weighted by Crippen LogP contribution is 2.44. The number of ether oxygens (including phenoxy) is 4. The van der Waals surface area contributed by atoms with Crippen molar-refractivity contribution in [2.75, 3.05) is 65.9 Å². The molecule has 1 fully saturated rings. The lowest BCUT2D eigenvalue weighted by molar-refractivity contribution is -0.127. The lowest BCUT2D eigenvalue weighted by Crippen LogP contribution is -2.40. The molecule has 2 aromatic carbocycles. The zero-order chi connectivity index (χ0) is 38.4. The van der Waals surface area contributed by atoms with Crippen LogP contribution in [0.25, 0.3) is 16.7 Å². The van der Waals surface area contributed by atoms with Gasteiger partial charge in [0.25, 0.3) is 5.71 Å². The number of nitrogens with one attached hydrogen (secondary N) is 4. The number of amides is 4. The molecular formula is C39H54N6O9. The van der Waals surface area contributed by atoms with Crippen LogP contribution in [0.15, 0.2) is 48.5 Å². The number of nitrogens with zero attached hydrogens (tertiary/aromatic N) is 2. The van der Waals surface area contributed by atoms with Gasteiger partial charge in [0.2, 0.25) is 17.7 Å². The zero-order valence-corrected chi connectivity index (χ0v) is 31.1. The third-order valence-electron chi connectivity index (χ3n) is 9.39. The molecule has 0 heterocycles. The molecule has 0 aliphatic heterocycles. The SMILES string of the molecule is CC(=[N+]=[N-])C1CCCC(NC(=O)CCC(=O)NCCCOCCOCCOCCCNC(=O)CONC(=O)OCC2c3ccccc3-c3ccccc32)C1. The van der Waals surface area contributed by atoms with Gasteiger partial charge in [0, 0.05) is 58.0 Å². The maximum Gasteiger partial charge on any atom is 0.431 e. The Morgan fingerprint density at radius 1 is 0.759 bits per heavy atom. The van der Waals surface area contributed by atoms with E-state index in [9.17, 15) is 19.2 Å². The van der Waals surface area contributed by atoms with Gasteiger partial charge < -0.3 is 40.4 Å². The lowest BCUT2D eigenvalue weighted by atomic mass is 9.83. The van der Waals surface area contributed by atoms with Gasteiger partial charge in [-0.25, -0.2) is 4.79 Å². The fourth-order valence-corrected chi connectivity index (χ4v) is 6.58. The van der Waals surface area contributed by atoms with Gasteiger partial charge >= 0.3 is 6.09 Å². The molecule has 0 spiro atoms. The minimum atomic E-state index is -0.764. The molecule has 0 saturated heterocycles. The fourth-order valence-electron chi connectivity index (χ4n) is 6.58. The summed E-state index contributed by atoms with van der Waals surface area (Å²) in [5.74, 6) is -0.583. The van der Waals surface area contributed by atoms with E-state index in [1.165, 1.54) is 0 Å². The number of rotatable bonds is 24. The molecular weight excluding hydrogens is 696 g/mol.